The number of carbonyl (C=O) groups is 3. The Morgan fingerprint density at radius 2 is 1.55 bits per heavy atom. The number of likely N-dealkylation sites (N-methyl/N-ethyl adjacent to an activating group) is 1. The van der Waals surface area contributed by atoms with E-state index in [0.717, 1.165) is 26.6 Å². The molecular weight excluding hydrogens is 564 g/mol. The summed E-state index contributed by atoms with van der Waals surface area (Å²) in [6.45, 7) is 3.64. The van der Waals surface area contributed by atoms with Crippen molar-refractivity contribution in [2.45, 2.75) is 58.1 Å². The molecule has 0 bridgehead atoms. The number of rotatable bonds is 10. The molecule has 0 aromatic heterocycles. The van der Waals surface area contributed by atoms with E-state index in [1.165, 1.54) is 11.0 Å². The van der Waals surface area contributed by atoms with Gasteiger partial charge in [0.25, 0.3) is 5.91 Å². The molecule has 1 unspecified atom stereocenters. The lowest BCUT2D eigenvalue weighted by molar-refractivity contribution is -0.305. The van der Waals surface area contributed by atoms with Crippen LogP contribution in [0.4, 0.5) is 0 Å². The van der Waals surface area contributed by atoms with Crippen LogP contribution in [0.3, 0.4) is 0 Å². The predicted molar refractivity (Wildman–Crippen MR) is 155 cm³/mol. The van der Waals surface area contributed by atoms with Crippen molar-refractivity contribution in [1.29, 1.82) is 0 Å². The zero-order valence-electron chi connectivity index (χ0n) is 22.8. The Morgan fingerprint density at radius 3 is 2.14 bits per heavy atom. The van der Waals surface area contributed by atoms with Gasteiger partial charge in [0.05, 0.1) is 4.90 Å². The quantitative estimate of drug-likeness (QED) is 0.0925. The fourth-order valence-corrected chi connectivity index (χ4v) is 6.38. The smallest absolute Gasteiger partial charge is 0.260 e. The molecule has 12 heteroatoms. The van der Waals surface area contributed by atoms with Gasteiger partial charge >= 0.3 is 0 Å². The van der Waals surface area contributed by atoms with Crippen LogP contribution in [0.5, 0.6) is 5.75 Å². The Labute approximate surface area is 243 Å². The first kappa shape index (κ1) is 31.1. The van der Waals surface area contributed by atoms with Crippen LogP contribution in [0.1, 0.15) is 44.2 Å². The van der Waals surface area contributed by atoms with Crippen molar-refractivity contribution >= 4 is 60.2 Å². The number of imide groups is 1. The molecule has 1 aliphatic rings. The number of likely N-dealkylation sites (tertiary alicyclic amines) is 1. The van der Waals surface area contributed by atoms with Gasteiger partial charge in [0.2, 0.25) is 11.8 Å². The zero-order valence-corrected chi connectivity index (χ0v) is 23.6. The summed E-state index contributed by atoms with van der Waals surface area (Å²) in [5.74, 6) is -0.689. The van der Waals surface area contributed by atoms with Crippen LogP contribution < -0.4 is 4.74 Å². The molecule has 0 radical (unpaired) electrons. The minimum Gasteiger partial charge on any atom is -0.744 e. The molecule has 1 fully saturated rings. The number of aryl methyl sites for hydroxylation is 2. The summed E-state index contributed by atoms with van der Waals surface area (Å²) >= 11 is 0. The van der Waals surface area contributed by atoms with Crippen LogP contribution in [-0.4, -0.2) is 72.2 Å². The molecule has 0 spiro atoms. The van der Waals surface area contributed by atoms with E-state index in [1.54, 1.807) is 26.1 Å². The topological polar surface area (TPSA) is 154 Å². The number of hydrogen-bond donors (Lipinski definition) is 1. The molecule has 0 saturated carbocycles. The highest BCUT2D eigenvalue weighted by atomic mass is 32.2. The lowest BCUT2D eigenvalue weighted by Gasteiger charge is -2.24. The molecular formula is C30H33N2O9S-. The summed E-state index contributed by atoms with van der Waals surface area (Å²) < 4.78 is 42.2. The van der Waals surface area contributed by atoms with Gasteiger partial charge in [-0.25, -0.2) is 18.6 Å². The van der Waals surface area contributed by atoms with E-state index in [4.69, 9.17) is 4.74 Å². The molecule has 3 amide bonds. The molecule has 1 aliphatic heterocycles. The summed E-state index contributed by atoms with van der Waals surface area (Å²) in [6.07, 6.45) is -0.433. The van der Waals surface area contributed by atoms with Crippen molar-refractivity contribution in [3.05, 3.63) is 47.5 Å². The molecule has 42 heavy (non-hydrogen) atoms. The molecule has 11 nitrogen and oxygen atoms in total. The highest BCUT2D eigenvalue weighted by Gasteiger charge is 2.35. The molecule has 0 aliphatic carbocycles. The van der Waals surface area contributed by atoms with Crippen molar-refractivity contribution in [3.8, 4) is 5.75 Å². The van der Waals surface area contributed by atoms with Gasteiger partial charge in [-0.3, -0.25) is 19.3 Å². The molecule has 4 aromatic rings. The van der Waals surface area contributed by atoms with Crippen LogP contribution in [0.2, 0.25) is 0 Å². The summed E-state index contributed by atoms with van der Waals surface area (Å²) in [5.41, 5.74) is 1.52. The Bertz CT molecular complexity index is 1790. The maximum Gasteiger partial charge on any atom is 0.260 e. The van der Waals surface area contributed by atoms with Crippen LogP contribution >= 0.6 is 0 Å². The Morgan fingerprint density at radius 1 is 1.00 bits per heavy atom. The Hall–Kier alpha value is -3.84. The minimum atomic E-state index is -4.72. The van der Waals surface area contributed by atoms with E-state index in [-0.39, 0.29) is 50.6 Å². The number of carbonyl (C=O) groups excluding carboxylic acids is 3. The maximum atomic E-state index is 12.9. The van der Waals surface area contributed by atoms with Crippen LogP contribution in [0.25, 0.3) is 32.3 Å². The van der Waals surface area contributed by atoms with Crippen molar-refractivity contribution in [2.75, 3.05) is 20.2 Å². The van der Waals surface area contributed by atoms with Crippen LogP contribution in [0, 0.1) is 13.8 Å². The third-order valence-electron chi connectivity index (χ3n) is 7.73. The summed E-state index contributed by atoms with van der Waals surface area (Å²) in [7, 11) is -3.12. The fraction of sp³-hybridized carbons (Fsp3) is 0.367. The first-order valence-electron chi connectivity index (χ1n) is 13.1. The number of ether oxygens (including phenoxy) is 1. The van der Waals surface area contributed by atoms with Gasteiger partial charge in [-0.2, -0.15) is 0 Å². The molecule has 1 N–H and O–H groups in total. The highest BCUT2D eigenvalue weighted by Crippen LogP contribution is 2.43. The van der Waals surface area contributed by atoms with Gasteiger partial charge in [-0.05, 0) is 72.2 Å². The summed E-state index contributed by atoms with van der Waals surface area (Å²) in [5, 5.41) is 13.3. The average Bonchev–Trinajstić information content (AvgIpc) is 3.26. The van der Waals surface area contributed by atoms with Crippen molar-refractivity contribution in [1.82, 2.24) is 9.80 Å². The third-order valence-corrected chi connectivity index (χ3v) is 8.60. The van der Waals surface area contributed by atoms with E-state index in [2.05, 4.69) is 4.89 Å². The van der Waals surface area contributed by atoms with Gasteiger partial charge in [-0.15, -0.1) is 0 Å². The largest absolute Gasteiger partial charge is 0.744 e. The van der Waals surface area contributed by atoms with Crippen molar-refractivity contribution < 1.29 is 42.2 Å². The maximum absolute atomic E-state index is 12.9. The third kappa shape index (κ3) is 5.50. The molecule has 224 valence electrons. The second kappa shape index (κ2) is 11.8. The lowest BCUT2D eigenvalue weighted by atomic mass is 9.90. The van der Waals surface area contributed by atoms with E-state index in [1.807, 2.05) is 25.1 Å². The van der Waals surface area contributed by atoms with E-state index in [9.17, 15) is 32.6 Å². The van der Waals surface area contributed by atoms with Gasteiger partial charge in [-0.1, -0.05) is 25.6 Å². The minimum absolute atomic E-state index is 0. The predicted octanol–water partition coefficient (Wildman–Crippen LogP) is 4.32. The monoisotopic (exact) mass is 597 g/mol. The normalized spacial score (nSPS) is 14.6. The molecule has 1 saturated heterocycles. The number of benzene rings is 4. The standard InChI is InChI=1S/C29H30N2O9S.CH4/c1-16-13-22(39-15-26(34)30(3)12-4-5-27(40-35)31-24(32)10-11-25(31)33)20-8-9-21-23(41(36,37)38)14-17(2)19-7-6-18(16)28(20)29(19)21;/h6-9,13-14,27,35H,4-5,10-12,15H2,1-3H3,(H,36,37,38);1H4/p-1. The SMILES string of the molecule is C.Cc1cc(OCC(=O)N(C)CCCC(OO)N2C(=O)CCC2=O)c2ccc3c(S(=O)(=O)[O-])cc(C)c4ccc1c2c43. The Balaban J connectivity index is 0.00000405. The molecule has 1 heterocycles. The Kier molecular flexibility index (Phi) is 8.74. The second-order valence-electron chi connectivity index (χ2n) is 10.4. The number of amides is 3. The first-order valence-corrected chi connectivity index (χ1v) is 14.5. The van der Waals surface area contributed by atoms with E-state index < -0.39 is 28.2 Å². The van der Waals surface area contributed by atoms with Crippen molar-refractivity contribution in [2.24, 2.45) is 0 Å². The second-order valence-corrected chi connectivity index (χ2v) is 11.7. The number of hydrogen-bond acceptors (Lipinski definition) is 9. The summed E-state index contributed by atoms with van der Waals surface area (Å²) in [6, 6.07) is 10.4. The molecule has 5 rings (SSSR count). The highest BCUT2D eigenvalue weighted by molar-refractivity contribution is 7.86. The van der Waals surface area contributed by atoms with Gasteiger partial charge < -0.3 is 14.2 Å². The van der Waals surface area contributed by atoms with Crippen LogP contribution in [0.15, 0.2) is 41.3 Å². The van der Waals surface area contributed by atoms with Gasteiger partial charge in [0, 0.05) is 42.6 Å². The van der Waals surface area contributed by atoms with E-state index in [0.29, 0.717) is 33.9 Å². The number of nitrogens with zero attached hydrogens (tertiary/aromatic N) is 2. The van der Waals surface area contributed by atoms with Gasteiger partial charge in [0.15, 0.2) is 12.8 Å². The lowest BCUT2D eigenvalue weighted by Crippen LogP contribution is -2.41. The zero-order chi connectivity index (χ0) is 29.6. The average molecular weight is 598 g/mol. The molecule has 4 aromatic carbocycles. The molecule has 1 atom stereocenters. The summed E-state index contributed by atoms with van der Waals surface area (Å²) in [4.78, 5) is 43.1. The van der Waals surface area contributed by atoms with Gasteiger partial charge in [0.1, 0.15) is 15.9 Å². The fourth-order valence-electron chi connectivity index (χ4n) is 5.62. The van der Waals surface area contributed by atoms with Crippen molar-refractivity contribution in [3.63, 3.8) is 0 Å². The first-order chi connectivity index (χ1) is 19.4. The van der Waals surface area contributed by atoms with E-state index >= 15 is 0 Å². The van der Waals surface area contributed by atoms with Crippen LogP contribution in [-0.2, 0) is 29.4 Å².